The maximum Gasteiger partial charge on any atom is 0.137 e. The highest BCUT2D eigenvalue weighted by molar-refractivity contribution is 5.42. The van der Waals surface area contributed by atoms with Gasteiger partial charge in [-0.1, -0.05) is 12.1 Å². The van der Waals surface area contributed by atoms with Gasteiger partial charge in [0.1, 0.15) is 18.4 Å². The van der Waals surface area contributed by atoms with Gasteiger partial charge in [-0.3, -0.25) is 4.90 Å². The normalized spacial score (nSPS) is 18.8. The van der Waals surface area contributed by atoms with Crippen LogP contribution in [0.1, 0.15) is 12.0 Å². The molecule has 1 saturated heterocycles. The highest BCUT2D eigenvalue weighted by Crippen LogP contribution is 2.16. The van der Waals surface area contributed by atoms with Gasteiger partial charge in [0.05, 0.1) is 12.2 Å². The molecule has 1 aliphatic heterocycles. The molecule has 2 rings (SSSR count). The number of likely N-dealkylation sites (N-methyl/N-ethyl adjacent to an activating group) is 1. The summed E-state index contributed by atoms with van der Waals surface area (Å²) in [5.74, 6) is 0.663. The summed E-state index contributed by atoms with van der Waals surface area (Å²) >= 11 is 0. The predicted octanol–water partition coefficient (Wildman–Crippen LogP) is 1.66. The zero-order chi connectivity index (χ0) is 12.8. The van der Waals surface area contributed by atoms with Gasteiger partial charge < -0.3 is 9.47 Å². The van der Waals surface area contributed by atoms with E-state index in [0.29, 0.717) is 24.0 Å². The van der Waals surface area contributed by atoms with E-state index in [1.54, 1.807) is 6.07 Å². The van der Waals surface area contributed by atoms with E-state index >= 15 is 0 Å². The van der Waals surface area contributed by atoms with Gasteiger partial charge in [-0.05, 0) is 25.6 Å². The lowest BCUT2D eigenvalue weighted by Crippen LogP contribution is -2.35. The summed E-state index contributed by atoms with van der Waals surface area (Å²) in [6.07, 6.45) is 1.09. The Kier molecular flexibility index (Phi) is 4.57. The van der Waals surface area contributed by atoms with Crippen molar-refractivity contribution >= 4 is 0 Å². The SMILES string of the molecule is CN(CCOc1ccccc1C#N)C1CCOC1. The van der Waals surface area contributed by atoms with Gasteiger partial charge in [-0.2, -0.15) is 5.26 Å². The Labute approximate surface area is 108 Å². The minimum absolute atomic E-state index is 0.500. The number of rotatable bonds is 5. The van der Waals surface area contributed by atoms with Crippen molar-refractivity contribution in [1.29, 1.82) is 5.26 Å². The zero-order valence-corrected chi connectivity index (χ0v) is 10.6. The Morgan fingerprint density at radius 3 is 3.06 bits per heavy atom. The second-order valence-electron chi connectivity index (χ2n) is 4.45. The number of nitriles is 1. The van der Waals surface area contributed by atoms with Crippen LogP contribution >= 0.6 is 0 Å². The third-order valence-electron chi connectivity index (χ3n) is 3.24. The van der Waals surface area contributed by atoms with E-state index in [1.165, 1.54) is 0 Å². The Balaban J connectivity index is 1.79. The summed E-state index contributed by atoms with van der Waals surface area (Å²) in [6.45, 7) is 3.10. The molecule has 0 bridgehead atoms. The van der Waals surface area contributed by atoms with Crippen LogP contribution in [-0.4, -0.2) is 44.4 Å². The van der Waals surface area contributed by atoms with E-state index in [-0.39, 0.29) is 0 Å². The summed E-state index contributed by atoms with van der Waals surface area (Å²) < 4.78 is 11.0. The smallest absolute Gasteiger partial charge is 0.137 e. The van der Waals surface area contributed by atoms with E-state index in [0.717, 1.165) is 26.2 Å². The standard InChI is InChI=1S/C14H18N2O2/c1-16(13-6-8-17-11-13)7-9-18-14-5-3-2-4-12(14)10-15/h2-5,13H,6-9,11H2,1H3. The van der Waals surface area contributed by atoms with Gasteiger partial charge in [-0.25, -0.2) is 0 Å². The Bertz CT molecular complexity index is 422. The Hall–Kier alpha value is -1.57. The molecular formula is C14H18N2O2. The van der Waals surface area contributed by atoms with Crippen molar-refractivity contribution in [1.82, 2.24) is 4.90 Å². The molecule has 0 N–H and O–H groups in total. The number of para-hydroxylation sites is 1. The van der Waals surface area contributed by atoms with Crippen LogP contribution in [0.5, 0.6) is 5.75 Å². The summed E-state index contributed by atoms with van der Waals surface area (Å²) in [5.41, 5.74) is 0.587. The molecule has 1 aromatic rings. The average molecular weight is 246 g/mol. The molecule has 1 unspecified atom stereocenters. The van der Waals surface area contributed by atoms with Crippen LogP contribution in [0.15, 0.2) is 24.3 Å². The summed E-state index contributed by atoms with van der Waals surface area (Å²) in [7, 11) is 2.08. The Morgan fingerprint density at radius 2 is 2.33 bits per heavy atom. The quantitative estimate of drug-likeness (QED) is 0.792. The van der Waals surface area contributed by atoms with Crippen LogP contribution in [0, 0.1) is 11.3 Å². The fourth-order valence-corrected chi connectivity index (χ4v) is 2.04. The largest absolute Gasteiger partial charge is 0.491 e. The first-order chi connectivity index (χ1) is 8.81. The van der Waals surface area contributed by atoms with E-state index < -0.39 is 0 Å². The van der Waals surface area contributed by atoms with Gasteiger partial charge >= 0.3 is 0 Å². The first-order valence-corrected chi connectivity index (χ1v) is 6.21. The van der Waals surface area contributed by atoms with Crippen LogP contribution in [0.4, 0.5) is 0 Å². The van der Waals surface area contributed by atoms with Crippen LogP contribution < -0.4 is 4.74 Å². The minimum Gasteiger partial charge on any atom is -0.491 e. The molecule has 0 aromatic heterocycles. The maximum atomic E-state index is 8.94. The topological polar surface area (TPSA) is 45.5 Å². The highest BCUT2D eigenvalue weighted by atomic mass is 16.5. The van der Waals surface area contributed by atoms with E-state index in [1.807, 2.05) is 18.2 Å². The minimum atomic E-state index is 0.500. The van der Waals surface area contributed by atoms with E-state index in [4.69, 9.17) is 14.7 Å². The van der Waals surface area contributed by atoms with Crippen molar-refractivity contribution in [2.75, 3.05) is 33.4 Å². The van der Waals surface area contributed by atoms with Crippen LogP contribution in [0.3, 0.4) is 0 Å². The number of hydrogen-bond acceptors (Lipinski definition) is 4. The lowest BCUT2D eigenvalue weighted by atomic mass is 10.2. The van der Waals surface area contributed by atoms with Crippen molar-refractivity contribution in [3.05, 3.63) is 29.8 Å². The molecule has 0 saturated carbocycles. The van der Waals surface area contributed by atoms with Crippen molar-refractivity contribution in [3.8, 4) is 11.8 Å². The van der Waals surface area contributed by atoms with E-state index in [9.17, 15) is 0 Å². The molecule has 0 aliphatic carbocycles. The molecule has 1 atom stereocenters. The summed E-state index contributed by atoms with van der Waals surface area (Å²) in [4.78, 5) is 2.25. The van der Waals surface area contributed by atoms with Crippen molar-refractivity contribution in [3.63, 3.8) is 0 Å². The molecule has 1 heterocycles. The predicted molar refractivity (Wildman–Crippen MR) is 68.5 cm³/mol. The van der Waals surface area contributed by atoms with Gasteiger partial charge in [0.15, 0.2) is 0 Å². The first kappa shape index (κ1) is 12.9. The molecule has 4 nitrogen and oxygen atoms in total. The molecule has 18 heavy (non-hydrogen) atoms. The van der Waals surface area contributed by atoms with Gasteiger partial charge in [-0.15, -0.1) is 0 Å². The van der Waals surface area contributed by atoms with Crippen LogP contribution in [0.25, 0.3) is 0 Å². The van der Waals surface area contributed by atoms with Crippen molar-refractivity contribution in [2.24, 2.45) is 0 Å². The molecule has 96 valence electrons. The fraction of sp³-hybridized carbons (Fsp3) is 0.500. The van der Waals surface area contributed by atoms with Crippen molar-refractivity contribution < 1.29 is 9.47 Å². The van der Waals surface area contributed by atoms with E-state index in [2.05, 4.69) is 18.0 Å². The van der Waals surface area contributed by atoms with Gasteiger partial charge in [0.2, 0.25) is 0 Å². The first-order valence-electron chi connectivity index (χ1n) is 6.21. The highest BCUT2D eigenvalue weighted by Gasteiger charge is 2.19. The molecule has 0 spiro atoms. The van der Waals surface area contributed by atoms with Crippen LogP contribution in [-0.2, 0) is 4.74 Å². The second-order valence-corrected chi connectivity index (χ2v) is 4.45. The molecule has 1 aliphatic rings. The summed E-state index contributed by atoms with van der Waals surface area (Å²) in [6, 6.07) is 9.95. The monoisotopic (exact) mass is 246 g/mol. The lowest BCUT2D eigenvalue weighted by molar-refractivity contribution is 0.147. The van der Waals surface area contributed by atoms with Gasteiger partial charge in [0.25, 0.3) is 0 Å². The third kappa shape index (κ3) is 3.22. The van der Waals surface area contributed by atoms with Gasteiger partial charge in [0, 0.05) is 19.2 Å². The second kappa shape index (κ2) is 6.39. The lowest BCUT2D eigenvalue weighted by Gasteiger charge is -2.22. The molecule has 1 aromatic carbocycles. The average Bonchev–Trinajstić information content (AvgIpc) is 2.93. The molecule has 1 fully saturated rings. The molecule has 0 radical (unpaired) electrons. The van der Waals surface area contributed by atoms with Crippen LogP contribution in [0.2, 0.25) is 0 Å². The zero-order valence-electron chi connectivity index (χ0n) is 10.6. The maximum absolute atomic E-state index is 8.94. The third-order valence-corrected chi connectivity index (χ3v) is 3.24. The van der Waals surface area contributed by atoms with Crippen molar-refractivity contribution in [2.45, 2.75) is 12.5 Å². The number of benzene rings is 1. The number of nitrogens with zero attached hydrogens (tertiary/aromatic N) is 2. The fourth-order valence-electron chi connectivity index (χ4n) is 2.04. The molecule has 0 amide bonds. The molecular weight excluding hydrogens is 228 g/mol. The number of hydrogen-bond donors (Lipinski definition) is 0. The summed E-state index contributed by atoms with van der Waals surface area (Å²) in [5, 5.41) is 8.94. The number of ether oxygens (including phenoxy) is 2. The Morgan fingerprint density at radius 1 is 1.50 bits per heavy atom. The molecule has 4 heteroatoms.